The number of nitro groups is 1. The van der Waals surface area contributed by atoms with Gasteiger partial charge in [0.05, 0.1) is 15.5 Å². The lowest BCUT2D eigenvalue weighted by molar-refractivity contribution is -0.385. The number of hydrogen-bond donors (Lipinski definition) is 1. The van der Waals surface area contributed by atoms with Gasteiger partial charge in [0.15, 0.2) is 0 Å². The van der Waals surface area contributed by atoms with Gasteiger partial charge in [-0.15, -0.1) is 0 Å². The number of benzene rings is 1. The molecule has 0 spiro atoms. The van der Waals surface area contributed by atoms with Crippen molar-refractivity contribution in [3.63, 3.8) is 0 Å². The molecular weight excluding hydrogens is 356 g/mol. The molecule has 1 unspecified atom stereocenters. The molecule has 2 heterocycles. The van der Waals surface area contributed by atoms with Gasteiger partial charge >= 0.3 is 0 Å². The van der Waals surface area contributed by atoms with E-state index in [-0.39, 0.29) is 10.7 Å². The fourth-order valence-electron chi connectivity index (χ4n) is 3.36. The Labute approximate surface area is 157 Å². The smallest absolute Gasteiger partial charge is 0.289 e. The van der Waals surface area contributed by atoms with Gasteiger partial charge in [0.2, 0.25) is 0 Å². The first-order valence-electron chi connectivity index (χ1n) is 8.36. The number of likely N-dealkylation sites (N-methyl/N-ethyl adjacent to an activating group) is 1. The molecule has 0 saturated carbocycles. The van der Waals surface area contributed by atoms with Crippen LogP contribution in [0.2, 0.25) is 5.02 Å². The second kappa shape index (κ2) is 7.57. The molecule has 1 aromatic heterocycles. The Hall–Kier alpha value is -2.22. The van der Waals surface area contributed by atoms with Crippen LogP contribution in [0.3, 0.4) is 0 Å². The van der Waals surface area contributed by atoms with Crippen LogP contribution in [-0.4, -0.2) is 52.2 Å². The molecule has 0 radical (unpaired) electrons. The number of anilines is 1. The molecule has 1 aromatic carbocycles. The Morgan fingerprint density at radius 1 is 1.42 bits per heavy atom. The molecule has 1 N–H and O–H groups in total. The van der Waals surface area contributed by atoms with Crippen LogP contribution in [0.15, 0.2) is 42.6 Å². The van der Waals surface area contributed by atoms with Gasteiger partial charge in [-0.1, -0.05) is 41.9 Å². The van der Waals surface area contributed by atoms with E-state index in [0.717, 1.165) is 13.1 Å². The lowest BCUT2D eigenvalue weighted by Crippen LogP contribution is -2.44. The standard InChI is InChI=1S/C18H21ClN4O3/c1-21(17-16(19)9-15(10-20-17)23(25)26)12-18(24)7-8-22(13-18)11-14-5-3-2-4-6-14/h2-6,9-10,24H,7-8,11-13H2,1H3. The molecule has 1 fully saturated rings. The number of likely N-dealkylation sites (tertiary alicyclic amines) is 1. The zero-order valence-corrected chi connectivity index (χ0v) is 15.3. The van der Waals surface area contributed by atoms with Gasteiger partial charge in [0.25, 0.3) is 5.69 Å². The maximum Gasteiger partial charge on any atom is 0.289 e. The Bertz CT molecular complexity index is 789. The highest BCUT2D eigenvalue weighted by Gasteiger charge is 2.37. The van der Waals surface area contributed by atoms with Gasteiger partial charge < -0.3 is 10.0 Å². The molecule has 0 amide bonds. The summed E-state index contributed by atoms with van der Waals surface area (Å²) in [4.78, 5) is 18.3. The molecular formula is C18H21ClN4O3. The van der Waals surface area contributed by atoms with E-state index in [1.54, 1.807) is 11.9 Å². The van der Waals surface area contributed by atoms with Crippen molar-refractivity contribution in [3.05, 3.63) is 63.3 Å². The first-order valence-corrected chi connectivity index (χ1v) is 8.74. The minimum atomic E-state index is -0.879. The zero-order valence-electron chi connectivity index (χ0n) is 14.5. The molecule has 1 saturated heterocycles. The van der Waals surface area contributed by atoms with E-state index in [1.165, 1.54) is 17.8 Å². The molecule has 0 bridgehead atoms. The number of pyridine rings is 1. The van der Waals surface area contributed by atoms with Crippen molar-refractivity contribution in [1.29, 1.82) is 0 Å². The van der Waals surface area contributed by atoms with Crippen LogP contribution in [0, 0.1) is 10.1 Å². The van der Waals surface area contributed by atoms with Crippen molar-refractivity contribution in [1.82, 2.24) is 9.88 Å². The maximum absolute atomic E-state index is 10.9. The number of halogens is 1. The summed E-state index contributed by atoms with van der Waals surface area (Å²) in [6.45, 7) is 2.50. The van der Waals surface area contributed by atoms with Crippen molar-refractivity contribution >= 4 is 23.1 Å². The molecule has 1 aliphatic rings. The summed E-state index contributed by atoms with van der Waals surface area (Å²) in [5.74, 6) is 0.423. The van der Waals surface area contributed by atoms with Crippen molar-refractivity contribution in [3.8, 4) is 0 Å². The van der Waals surface area contributed by atoms with Gasteiger partial charge in [0.1, 0.15) is 12.0 Å². The fraction of sp³-hybridized carbons (Fsp3) is 0.389. The highest BCUT2D eigenvalue weighted by atomic mass is 35.5. The third-order valence-electron chi connectivity index (χ3n) is 4.57. The van der Waals surface area contributed by atoms with Crippen molar-refractivity contribution < 1.29 is 10.0 Å². The zero-order chi connectivity index (χ0) is 18.7. The van der Waals surface area contributed by atoms with Crippen molar-refractivity contribution in [2.24, 2.45) is 0 Å². The van der Waals surface area contributed by atoms with Crippen molar-refractivity contribution in [2.45, 2.75) is 18.6 Å². The van der Waals surface area contributed by atoms with Gasteiger partial charge in [0, 0.05) is 39.3 Å². The maximum atomic E-state index is 10.9. The van der Waals surface area contributed by atoms with E-state index in [0.29, 0.717) is 25.3 Å². The summed E-state index contributed by atoms with van der Waals surface area (Å²) >= 11 is 6.13. The fourth-order valence-corrected chi connectivity index (χ4v) is 3.67. The number of nitrogens with zero attached hydrogens (tertiary/aromatic N) is 4. The predicted octanol–water partition coefficient (Wildman–Crippen LogP) is 2.72. The summed E-state index contributed by atoms with van der Waals surface area (Å²) in [7, 11) is 1.78. The van der Waals surface area contributed by atoms with Crippen LogP contribution in [0.1, 0.15) is 12.0 Å². The SMILES string of the molecule is CN(CC1(O)CCN(Cc2ccccc2)C1)c1ncc([N+](=O)[O-])cc1Cl. The number of hydrogen-bond acceptors (Lipinski definition) is 6. The largest absolute Gasteiger partial charge is 0.387 e. The lowest BCUT2D eigenvalue weighted by atomic mass is 10.0. The van der Waals surface area contributed by atoms with Gasteiger partial charge in [-0.25, -0.2) is 4.98 Å². The molecule has 1 atom stereocenters. The van der Waals surface area contributed by atoms with E-state index in [4.69, 9.17) is 11.6 Å². The van der Waals surface area contributed by atoms with Crippen LogP contribution >= 0.6 is 11.6 Å². The first-order chi connectivity index (χ1) is 12.4. The molecule has 0 aliphatic carbocycles. The van der Waals surface area contributed by atoms with Crippen LogP contribution in [0.25, 0.3) is 0 Å². The quantitative estimate of drug-likeness (QED) is 0.616. The monoisotopic (exact) mass is 376 g/mol. The summed E-state index contributed by atoms with van der Waals surface area (Å²) in [6.07, 6.45) is 1.83. The van der Waals surface area contributed by atoms with E-state index in [9.17, 15) is 15.2 Å². The summed E-state index contributed by atoms with van der Waals surface area (Å²) in [5.41, 5.74) is 0.182. The number of aliphatic hydroxyl groups is 1. The van der Waals surface area contributed by atoms with E-state index < -0.39 is 10.5 Å². The average molecular weight is 377 g/mol. The van der Waals surface area contributed by atoms with Crippen LogP contribution in [0.5, 0.6) is 0 Å². The van der Waals surface area contributed by atoms with Gasteiger partial charge in [-0.05, 0) is 12.0 Å². The normalized spacial score (nSPS) is 20.3. The molecule has 3 rings (SSSR count). The van der Waals surface area contributed by atoms with E-state index in [2.05, 4.69) is 22.0 Å². The molecule has 2 aromatic rings. The Morgan fingerprint density at radius 3 is 2.81 bits per heavy atom. The van der Waals surface area contributed by atoms with Gasteiger partial charge in [-0.2, -0.15) is 0 Å². The molecule has 7 nitrogen and oxygen atoms in total. The molecule has 138 valence electrons. The summed E-state index contributed by atoms with van der Waals surface area (Å²) < 4.78 is 0. The minimum Gasteiger partial charge on any atom is -0.387 e. The lowest BCUT2D eigenvalue weighted by Gasteiger charge is -2.30. The van der Waals surface area contributed by atoms with E-state index in [1.807, 2.05) is 18.2 Å². The number of β-amino-alcohol motifs (C(OH)–C–C–N with tert-alkyl or cyclic N) is 1. The molecule has 8 heteroatoms. The third-order valence-corrected chi connectivity index (χ3v) is 4.85. The molecule has 1 aliphatic heterocycles. The van der Waals surface area contributed by atoms with E-state index >= 15 is 0 Å². The third kappa shape index (κ3) is 4.30. The van der Waals surface area contributed by atoms with Crippen molar-refractivity contribution in [2.75, 3.05) is 31.6 Å². The Kier molecular flexibility index (Phi) is 5.41. The van der Waals surface area contributed by atoms with Crippen LogP contribution < -0.4 is 4.90 Å². The number of rotatable bonds is 6. The van der Waals surface area contributed by atoms with Crippen LogP contribution in [0.4, 0.5) is 11.5 Å². The van der Waals surface area contributed by atoms with Gasteiger partial charge in [-0.3, -0.25) is 15.0 Å². The first kappa shape index (κ1) is 18.6. The van der Waals surface area contributed by atoms with Crippen LogP contribution in [-0.2, 0) is 6.54 Å². The topological polar surface area (TPSA) is 82.7 Å². The Balaban J connectivity index is 1.64. The highest BCUT2D eigenvalue weighted by molar-refractivity contribution is 6.33. The minimum absolute atomic E-state index is 0.152. The number of aromatic nitrogens is 1. The average Bonchev–Trinajstić information content (AvgIpc) is 2.95. The summed E-state index contributed by atoms with van der Waals surface area (Å²) in [5, 5.41) is 21.9. The summed E-state index contributed by atoms with van der Waals surface area (Å²) in [6, 6.07) is 11.4. The predicted molar refractivity (Wildman–Crippen MR) is 100 cm³/mol. The second-order valence-electron chi connectivity index (χ2n) is 6.78. The molecule has 26 heavy (non-hydrogen) atoms. The second-order valence-corrected chi connectivity index (χ2v) is 7.19. The highest BCUT2D eigenvalue weighted by Crippen LogP contribution is 2.30. The Morgan fingerprint density at radius 2 is 2.15 bits per heavy atom.